The third-order valence-electron chi connectivity index (χ3n) is 3.29. The van der Waals surface area contributed by atoms with Gasteiger partial charge in [0.1, 0.15) is 6.54 Å². The fourth-order valence-corrected chi connectivity index (χ4v) is 2.12. The summed E-state index contributed by atoms with van der Waals surface area (Å²) in [6.45, 7) is 4.40. The van der Waals surface area contributed by atoms with E-state index in [2.05, 4.69) is 4.98 Å². The zero-order valence-electron chi connectivity index (χ0n) is 12.3. The highest BCUT2D eigenvalue weighted by Crippen LogP contribution is 2.13. The van der Waals surface area contributed by atoms with Crippen molar-refractivity contribution in [3.63, 3.8) is 0 Å². The number of carbonyl (C=O) groups is 1. The van der Waals surface area contributed by atoms with E-state index in [4.69, 9.17) is 0 Å². The van der Waals surface area contributed by atoms with Gasteiger partial charge in [-0.1, -0.05) is 25.1 Å². The van der Waals surface area contributed by atoms with Crippen LogP contribution in [-0.4, -0.2) is 22.0 Å². The molecule has 0 unspecified atom stereocenters. The van der Waals surface area contributed by atoms with Crippen LogP contribution in [0.3, 0.4) is 0 Å². The van der Waals surface area contributed by atoms with Gasteiger partial charge in [-0.05, 0) is 25.5 Å². The van der Waals surface area contributed by atoms with Crippen LogP contribution < -0.4 is 10.5 Å². The zero-order chi connectivity index (χ0) is 15.2. The first-order valence-electron chi connectivity index (χ1n) is 7.06. The molecule has 110 valence electrons. The van der Waals surface area contributed by atoms with Crippen LogP contribution >= 0.6 is 0 Å². The van der Waals surface area contributed by atoms with Crippen molar-refractivity contribution in [3.05, 3.63) is 58.8 Å². The molecule has 0 N–H and O–H groups in total. The van der Waals surface area contributed by atoms with Gasteiger partial charge in [0, 0.05) is 24.0 Å². The molecule has 2 rings (SSSR count). The number of likely N-dealkylation sites (N-methyl/N-ethyl adjacent to an activating group) is 1. The molecule has 0 bridgehead atoms. The Labute approximate surface area is 123 Å². The Morgan fingerprint density at radius 2 is 1.95 bits per heavy atom. The Balaban J connectivity index is 2.19. The Bertz CT molecular complexity index is 665. The normalized spacial score (nSPS) is 10.4. The molecule has 0 saturated heterocycles. The SMILES string of the molecule is CCc1cc(=O)n(CC(=O)N(CC)c2ccccc2)cn1. The summed E-state index contributed by atoms with van der Waals surface area (Å²) in [6, 6.07) is 10.9. The number of amides is 1. The molecule has 1 heterocycles. The van der Waals surface area contributed by atoms with Gasteiger partial charge in [0.15, 0.2) is 0 Å². The molecule has 0 spiro atoms. The van der Waals surface area contributed by atoms with E-state index in [-0.39, 0.29) is 18.0 Å². The topological polar surface area (TPSA) is 55.2 Å². The van der Waals surface area contributed by atoms with Crippen molar-refractivity contribution in [1.82, 2.24) is 9.55 Å². The van der Waals surface area contributed by atoms with Crippen LogP contribution in [-0.2, 0) is 17.8 Å². The summed E-state index contributed by atoms with van der Waals surface area (Å²) < 4.78 is 1.34. The minimum absolute atomic E-state index is 0.00143. The van der Waals surface area contributed by atoms with E-state index in [0.717, 1.165) is 11.4 Å². The number of hydrogen-bond donors (Lipinski definition) is 0. The number of rotatable bonds is 5. The lowest BCUT2D eigenvalue weighted by Gasteiger charge is -2.21. The molecule has 5 nitrogen and oxygen atoms in total. The minimum Gasteiger partial charge on any atom is -0.311 e. The van der Waals surface area contributed by atoms with E-state index in [1.54, 1.807) is 4.90 Å². The van der Waals surface area contributed by atoms with Crippen molar-refractivity contribution in [2.75, 3.05) is 11.4 Å². The van der Waals surface area contributed by atoms with Crippen LogP contribution in [0.4, 0.5) is 5.69 Å². The Hall–Kier alpha value is -2.43. The van der Waals surface area contributed by atoms with Gasteiger partial charge < -0.3 is 4.90 Å². The Kier molecular flexibility index (Phi) is 4.87. The van der Waals surface area contributed by atoms with Gasteiger partial charge in [-0.15, -0.1) is 0 Å². The number of aryl methyl sites for hydroxylation is 1. The van der Waals surface area contributed by atoms with E-state index in [1.165, 1.54) is 17.0 Å². The van der Waals surface area contributed by atoms with Gasteiger partial charge >= 0.3 is 0 Å². The molecule has 0 saturated carbocycles. The fraction of sp³-hybridized carbons (Fsp3) is 0.312. The van der Waals surface area contributed by atoms with E-state index in [9.17, 15) is 9.59 Å². The summed E-state index contributed by atoms with van der Waals surface area (Å²) >= 11 is 0. The van der Waals surface area contributed by atoms with Crippen molar-refractivity contribution < 1.29 is 4.79 Å². The minimum atomic E-state index is -0.195. The summed E-state index contributed by atoms with van der Waals surface area (Å²) in [6.07, 6.45) is 2.15. The number of benzene rings is 1. The number of para-hydroxylation sites is 1. The summed E-state index contributed by atoms with van der Waals surface area (Å²) in [7, 11) is 0. The largest absolute Gasteiger partial charge is 0.311 e. The molecule has 0 aliphatic carbocycles. The molecular formula is C16H19N3O2. The molecule has 21 heavy (non-hydrogen) atoms. The smallest absolute Gasteiger partial charge is 0.253 e. The van der Waals surface area contributed by atoms with Crippen molar-refractivity contribution in [3.8, 4) is 0 Å². The number of anilines is 1. The number of nitrogens with zero attached hydrogens (tertiary/aromatic N) is 3. The maximum Gasteiger partial charge on any atom is 0.253 e. The maximum atomic E-state index is 12.4. The highest BCUT2D eigenvalue weighted by atomic mass is 16.2. The van der Waals surface area contributed by atoms with Crippen molar-refractivity contribution in [2.45, 2.75) is 26.8 Å². The lowest BCUT2D eigenvalue weighted by molar-refractivity contribution is -0.119. The Morgan fingerprint density at radius 1 is 1.24 bits per heavy atom. The first-order valence-corrected chi connectivity index (χ1v) is 7.06. The van der Waals surface area contributed by atoms with Crippen molar-refractivity contribution in [1.29, 1.82) is 0 Å². The van der Waals surface area contributed by atoms with E-state index in [0.29, 0.717) is 13.0 Å². The van der Waals surface area contributed by atoms with Crippen LogP contribution in [0.2, 0.25) is 0 Å². The second-order valence-electron chi connectivity index (χ2n) is 4.67. The lowest BCUT2D eigenvalue weighted by atomic mass is 10.3. The predicted octanol–water partition coefficient (Wildman–Crippen LogP) is 1.86. The average Bonchev–Trinajstić information content (AvgIpc) is 2.51. The second kappa shape index (κ2) is 6.83. The highest BCUT2D eigenvalue weighted by Gasteiger charge is 2.14. The number of carbonyl (C=O) groups excluding carboxylic acids is 1. The average molecular weight is 285 g/mol. The zero-order valence-corrected chi connectivity index (χ0v) is 12.3. The molecule has 0 atom stereocenters. The van der Waals surface area contributed by atoms with Crippen molar-refractivity contribution >= 4 is 11.6 Å². The molecule has 1 aromatic carbocycles. The molecule has 0 fully saturated rings. The lowest BCUT2D eigenvalue weighted by Crippen LogP contribution is -2.36. The van der Waals surface area contributed by atoms with E-state index in [1.807, 2.05) is 44.2 Å². The molecular weight excluding hydrogens is 266 g/mol. The van der Waals surface area contributed by atoms with E-state index >= 15 is 0 Å². The van der Waals surface area contributed by atoms with Crippen LogP contribution in [0.25, 0.3) is 0 Å². The quantitative estimate of drug-likeness (QED) is 0.842. The fourth-order valence-electron chi connectivity index (χ4n) is 2.12. The molecule has 2 aromatic rings. The standard InChI is InChI=1S/C16H19N3O2/c1-3-13-10-15(20)18(12-17-13)11-16(21)19(4-2)14-8-6-5-7-9-14/h5-10,12H,3-4,11H2,1-2H3. The van der Waals surface area contributed by atoms with Crippen LogP contribution in [0.15, 0.2) is 47.5 Å². The van der Waals surface area contributed by atoms with Crippen LogP contribution in [0.1, 0.15) is 19.5 Å². The molecule has 0 radical (unpaired) electrons. The van der Waals surface area contributed by atoms with Crippen LogP contribution in [0, 0.1) is 0 Å². The highest BCUT2D eigenvalue weighted by molar-refractivity contribution is 5.93. The van der Waals surface area contributed by atoms with E-state index < -0.39 is 0 Å². The van der Waals surface area contributed by atoms with Crippen molar-refractivity contribution in [2.24, 2.45) is 0 Å². The van der Waals surface area contributed by atoms with Gasteiger partial charge in [-0.25, -0.2) is 4.98 Å². The first kappa shape index (κ1) is 15.0. The third kappa shape index (κ3) is 3.56. The summed E-state index contributed by atoms with van der Waals surface area (Å²) in [5.74, 6) is -0.128. The molecule has 1 amide bonds. The third-order valence-corrected chi connectivity index (χ3v) is 3.29. The molecule has 0 aliphatic heterocycles. The number of aromatic nitrogens is 2. The number of hydrogen-bond acceptors (Lipinski definition) is 3. The van der Waals surface area contributed by atoms with Gasteiger partial charge in [0.25, 0.3) is 5.56 Å². The monoisotopic (exact) mass is 285 g/mol. The second-order valence-corrected chi connectivity index (χ2v) is 4.67. The maximum absolute atomic E-state index is 12.4. The first-order chi connectivity index (χ1) is 10.2. The Morgan fingerprint density at radius 3 is 2.52 bits per heavy atom. The molecule has 1 aromatic heterocycles. The summed E-state index contributed by atoms with van der Waals surface area (Å²) in [5.41, 5.74) is 1.37. The van der Waals surface area contributed by atoms with Gasteiger partial charge in [0.05, 0.1) is 6.33 Å². The predicted molar refractivity (Wildman–Crippen MR) is 82.3 cm³/mol. The summed E-state index contributed by atoms with van der Waals surface area (Å²) in [5, 5.41) is 0. The molecule has 0 aliphatic rings. The molecule has 5 heteroatoms. The van der Waals surface area contributed by atoms with Gasteiger partial charge in [-0.3, -0.25) is 14.2 Å². The van der Waals surface area contributed by atoms with Gasteiger partial charge in [0.2, 0.25) is 5.91 Å². The summed E-state index contributed by atoms with van der Waals surface area (Å²) in [4.78, 5) is 30.1. The van der Waals surface area contributed by atoms with Gasteiger partial charge in [-0.2, -0.15) is 0 Å². The van der Waals surface area contributed by atoms with Crippen LogP contribution in [0.5, 0.6) is 0 Å².